The summed E-state index contributed by atoms with van der Waals surface area (Å²) in [5.41, 5.74) is 0.407. The lowest BCUT2D eigenvalue weighted by molar-refractivity contribution is 0.249. The van der Waals surface area contributed by atoms with Gasteiger partial charge in [-0.1, -0.05) is 33.6 Å². The SMILES string of the molecule is CC(C)(C)C1CCN(C(=N)C2CCCC2)C1. The zero-order valence-corrected chi connectivity index (χ0v) is 11.1. The van der Waals surface area contributed by atoms with Gasteiger partial charge in [0.15, 0.2) is 0 Å². The molecule has 1 atom stereocenters. The molecule has 0 aromatic rings. The van der Waals surface area contributed by atoms with Crippen LogP contribution in [0.25, 0.3) is 0 Å². The lowest BCUT2D eigenvalue weighted by Gasteiger charge is -2.28. The van der Waals surface area contributed by atoms with Crippen LogP contribution in [0.1, 0.15) is 52.9 Å². The Labute approximate surface area is 99.9 Å². The Hall–Kier alpha value is -0.530. The van der Waals surface area contributed by atoms with Gasteiger partial charge in [-0.25, -0.2) is 0 Å². The van der Waals surface area contributed by atoms with Crippen LogP contribution in [0.4, 0.5) is 0 Å². The fraction of sp³-hybridized carbons (Fsp3) is 0.929. The largest absolute Gasteiger partial charge is 0.360 e. The molecule has 16 heavy (non-hydrogen) atoms. The summed E-state index contributed by atoms with van der Waals surface area (Å²) in [7, 11) is 0. The predicted molar refractivity (Wildman–Crippen MR) is 68.8 cm³/mol. The minimum absolute atomic E-state index is 0.407. The van der Waals surface area contributed by atoms with Crippen LogP contribution in [0.2, 0.25) is 0 Å². The zero-order valence-electron chi connectivity index (χ0n) is 11.1. The van der Waals surface area contributed by atoms with E-state index >= 15 is 0 Å². The third-order valence-electron chi connectivity index (χ3n) is 4.50. The summed E-state index contributed by atoms with van der Waals surface area (Å²) in [4.78, 5) is 2.35. The maximum atomic E-state index is 8.30. The second-order valence-electron chi connectivity index (χ2n) is 6.66. The van der Waals surface area contributed by atoms with E-state index in [0.29, 0.717) is 11.3 Å². The second-order valence-corrected chi connectivity index (χ2v) is 6.66. The molecule has 1 aliphatic carbocycles. The molecule has 2 fully saturated rings. The minimum Gasteiger partial charge on any atom is -0.360 e. The van der Waals surface area contributed by atoms with E-state index in [0.717, 1.165) is 24.8 Å². The molecule has 2 rings (SSSR count). The van der Waals surface area contributed by atoms with Gasteiger partial charge in [0.2, 0.25) is 0 Å². The molecule has 1 aliphatic heterocycles. The Morgan fingerprint density at radius 3 is 2.25 bits per heavy atom. The summed E-state index contributed by atoms with van der Waals surface area (Å²) in [5.74, 6) is 2.30. The van der Waals surface area contributed by atoms with E-state index < -0.39 is 0 Å². The average Bonchev–Trinajstić information content (AvgIpc) is 2.87. The highest BCUT2D eigenvalue weighted by molar-refractivity contribution is 5.82. The second kappa shape index (κ2) is 4.38. The summed E-state index contributed by atoms with van der Waals surface area (Å²) in [6.45, 7) is 9.25. The molecule has 92 valence electrons. The molecule has 2 nitrogen and oxygen atoms in total. The third kappa shape index (κ3) is 2.41. The van der Waals surface area contributed by atoms with Crippen LogP contribution < -0.4 is 0 Å². The van der Waals surface area contributed by atoms with Crippen molar-refractivity contribution < 1.29 is 0 Å². The molecule has 1 heterocycles. The van der Waals surface area contributed by atoms with Crippen molar-refractivity contribution in [2.45, 2.75) is 52.9 Å². The van der Waals surface area contributed by atoms with Crippen molar-refractivity contribution in [2.24, 2.45) is 17.3 Å². The van der Waals surface area contributed by atoms with Crippen LogP contribution in [0, 0.1) is 22.7 Å². The first-order valence-corrected chi connectivity index (χ1v) is 6.82. The molecule has 1 unspecified atom stereocenters. The molecule has 0 amide bonds. The molecule has 2 heteroatoms. The van der Waals surface area contributed by atoms with Gasteiger partial charge in [0, 0.05) is 19.0 Å². The van der Waals surface area contributed by atoms with Crippen molar-refractivity contribution in [3.8, 4) is 0 Å². The molecule has 0 radical (unpaired) electrons. The van der Waals surface area contributed by atoms with Crippen LogP contribution in [0.3, 0.4) is 0 Å². The van der Waals surface area contributed by atoms with Gasteiger partial charge in [-0.15, -0.1) is 0 Å². The number of nitrogens with one attached hydrogen (secondary N) is 1. The zero-order chi connectivity index (χ0) is 11.8. The first-order chi connectivity index (χ1) is 7.48. The van der Waals surface area contributed by atoms with Crippen LogP contribution in [-0.4, -0.2) is 23.8 Å². The quantitative estimate of drug-likeness (QED) is 0.533. The maximum Gasteiger partial charge on any atom is 0.0989 e. The Balaban J connectivity index is 1.90. The van der Waals surface area contributed by atoms with Gasteiger partial charge < -0.3 is 4.90 Å². The lowest BCUT2D eigenvalue weighted by atomic mass is 9.80. The van der Waals surface area contributed by atoms with Gasteiger partial charge >= 0.3 is 0 Å². The van der Waals surface area contributed by atoms with E-state index in [1.54, 1.807) is 0 Å². The number of hydrogen-bond donors (Lipinski definition) is 1. The fourth-order valence-corrected chi connectivity index (χ4v) is 3.14. The van der Waals surface area contributed by atoms with Crippen molar-refractivity contribution in [2.75, 3.05) is 13.1 Å². The molecule has 1 N–H and O–H groups in total. The topological polar surface area (TPSA) is 27.1 Å². The first-order valence-electron chi connectivity index (χ1n) is 6.82. The first kappa shape index (κ1) is 11.9. The molecule has 0 aromatic heterocycles. The molecule has 1 saturated heterocycles. The summed E-state index contributed by atoms with van der Waals surface area (Å²) in [5, 5.41) is 8.30. The Bertz CT molecular complexity index is 258. The number of amidine groups is 1. The summed E-state index contributed by atoms with van der Waals surface area (Å²) in [6, 6.07) is 0. The van der Waals surface area contributed by atoms with E-state index in [2.05, 4.69) is 25.7 Å². The maximum absolute atomic E-state index is 8.30. The third-order valence-corrected chi connectivity index (χ3v) is 4.50. The molecular weight excluding hydrogens is 196 g/mol. The predicted octanol–water partition coefficient (Wildman–Crippen LogP) is 3.52. The van der Waals surface area contributed by atoms with Gasteiger partial charge in [-0.2, -0.15) is 0 Å². The monoisotopic (exact) mass is 222 g/mol. The van der Waals surface area contributed by atoms with E-state index in [-0.39, 0.29) is 0 Å². The van der Waals surface area contributed by atoms with E-state index in [4.69, 9.17) is 5.41 Å². The average molecular weight is 222 g/mol. The van der Waals surface area contributed by atoms with E-state index in [1.807, 2.05) is 0 Å². The van der Waals surface area contributed by atoms with Gasteiger partial charge in [-0.3, -0.25) is 5.41 Å². The molecule has 0 spiro atoms. The number of rotatable bonds is 1. The summed E-state index contributed by atoms with van der Waals surface area (Å²) >= 11 is 0. The van der Waals surface area contributed by atoms with Crippen molar-refractivity contribution in [3.05, 3.63) is 0 Å². The number of likely N-dealkylation sites (tertiary alicyclic amines) is 1. The van der Waals surface area contributed by atoms with Gasteiger partial charge in [0.25, 0.3) is 0 Å². The van der Waals surface area contributed by atoms with Crippen LogP contribution in [0.5, 0.6) is 0 Å². The van der Waals surface area contributed by atoms with Crippen LogP contribution in [0.15, 0.2) is 0 Å². The Kier molecular flexibility index (Phi) is 3.27. The van der Waals surface area contributed by atoms with E-state index in [9.17, 15) is 0 Å². The van der Waals surface area contributed by atoms with Crippen molar-refractivity contribution in [1.29, 1.82) is 5.41 Å². The van der Waals surface area contributed by atoms with Gasteiger partial charge in [0.1, 0.15) is 0 Å². The highest BCUT2D eigenvalue weighted by atomic mass is 15.2. The van der Waals surface area contributed by atoms with Crippen molar-refractivity contribution in [3.63, 3.8) is 0 Å². The van der Waals surface area contributed by atoms with Gasteiger partial charge in [0.05, 0.1) is 5.84 Å². The molecule has 0 aromatic carbocycles. The Morgan fingerprint density at radius 2 is 1.75 bits per heavy atom. The number of hydrogen-bond acceptors (Lipinski definition) is 1. The van der Waals surface area contributed by atoms with Gasteiger partial charge in [-0.05, 0) is 30.6 Å². The number of nitrogens with zero attached hydrogens (tertiary/aromatic N) is 1. The normalized spacial score (nSPS) is 27.7. The highest BCUT2D eigenvalue weighted by Gasteiger charge is 2.34. The summed E-state index contributed by atoms with van der Waals surface area (Å²) in [6.07, 6.45) is 6.47. The fourth-order valence-electron chi connectivity index (χ4n) is 3.14. The van der Waals surface area contributed by atoms with E-state index in [1.165, 1.54) is 32.1 Å². The van der Waals surface area contributed by atoms with Crippen LogP contribution >= 0.6 is 0 Å². The van der Waals surface area contributed by atoms with Crippen molar-refractivity contribution >= 4 is 5.84 Å². The molecule has 2 aliphatic rings. The Morgan fingerprint density at radius 1 is 1.12 bits per heavy atom. The van der Waals surface area contributed by atoms with Crippen molar-refractivity contribution in [1.82, 2.24) is 4.90 Å². The molecule has 1 saturated carbocycles. The lowest BCUT2D eigenvalue weighted by Crippen LogP contribution is -2.34. The molecule has 0 bridgehead atoms. The standard InChI is InChI=1S/C14H26N2/c1-14(2,3)12-8-9-16(10-12)13(15)11-6-4-5-7-11/h11-12,15H,4-10H2,1-3H3. The summed E-state index contributed by atoms with van der Waals surface area (Å²) < 4.78 is 0. The molecular formula is C14H26N2. The minimum atomic E-state index is 0.407. The highest BCUT2D eigenvalue weighted by Crippen LogP contribution is 2.35. The van der Waals surface area contributed by atoms with Crippen LogP contribution in [-0.2, 0) is 0 Å². The smallest absolute Gasteiger partial charge is 0.0989 e.